The van der Waals surface area contributed by atoms with Gasteiger partial charge in [0.2, 0.25) is 0 Å². The molecular weight excluding hydrogens is 1020 g/mol. The molecule has 0 aromatic heterocycles. The van der Waals surface area contributed by atoms with Crippen LogP contribution in [0.4, 0.5) is 0 Å². The van der Waals surface area contributed by atoms with Crippen LogP contribution in [0.25, 0.3) is 0 Å². The Morgan fingerprint density at radius 2 is 0.613 bits per heavy atom. The first-order chi connectivity index (χ1) is 39.2. The van der Waals surface area contributed by atoms with Gasteiger partial charge in [-0.05, 0) is 51.4 Å². The minimum atomic E-state index is -4.75. The van der Waals surface area contributed by atoms with Crippen LogP contribution in [0.5, 0.6) is 0 Å². The molecule has 11 nitrogen and oxygen atoms in total. The van der Waals surface area contributed by atoms with Crippen molar-refractivity contribution in [3.05, 3.63) is 24.3 Å². The highest BCUT2D eigenvalue weighted by molar-refractivity contribution is 7.47. The van der Waals surface area contributed by atoms with Crippen LogP contribution in [0.3, 0.4) is 0 Å². The number of phosphoric acid groups is 1. The maximum atomic E-state index is 13.0. The number of esters is 3. The van der Waals surface area contributed by atoms with E-state index >= 15 is 0 Å². The van der Waals surface area contributed by atoms with E-state index in [1.807, 2.05) is 0 Å². The molecule has 0 heterocycles. The number of carbonyl (C=O) groups is 3. The van der Waals surface area contributed by atoms with Gasteiger partial charge in [0.05, 0.1) is 19.8 Å². The summed E-state index contributed by atoms with van der Waals surface area (Å²) in [7, 11) is -4.75. The molecule has 0 saturated heterocycles. The van der Waals surface area contributed by atoms with Crippen LogP contribution in [0.15, 0.2) is 24.3 Å². The van der Waals surface area contributed by atoms with Crippen molar-refractivity contribution >= 4 is 25.7 Å². The smallest absolute Gasteiger partial charge is 0.462 e. The van der Waals surface area contributed by atoms with Gasteiger partial charge in [0, 0.05) is 19.3 Å². The molecule has 0 aliphatic heterocycles. The highest BCUT2D eigenvalue weighted by Crippen LogP contribution is 2.43. The second-order valence-corrected chi connectivity index (χ2v) is 24.8. The van der Waals surface area contributed by atoms with Crippen LogP contribution in [-0.2, 0) is 42.2 Å². The van der Waals surface area contributed by atoms with Gasteiger partial charge >= 0.3 is 25.7 Å². The van der Waals surface area contributed by atoms with Crippen molar-refractivity contribution in [3.63, 3.8) is 0 Å². The van der Waals surface area contributed by atoms with E-state index in [1.165, 1.54) is 218 Å². The van der Waals surface area contributed by atoms with Gasteiger partial charge in [0.1, 0.15) is 12.7 Å². The lowest BCUT2D eigenvalue weighted by atomic mass is 10.0. The molecule has 0 saturated carbocycles. The van der Waals surface area contributed by atoms with Crippen molar-refractivity contribution in [3.8, 4) is 0 Å². The number of rotatable bonds is 65. The fourth-order valence-corrected chi connectivity index (χ4v) is 10.9. The van der Waals surface area contributed by atoms with E-state index in [0.717, 1.165) is 77.0 Å². The molecule has 0 aliphatic rings. The van der Waals surface area contributed by atoms with Gasteiger partial charge in [-0.3, -0.25) is 23.4 Å². The Morgan fingerprint density at radius 3 is 0.950 bits per heavy atom. The van der Waals surface area contributed by atoms with Crippen molar-refractivity contribution in [1.29, 1.82) is 0 Å². The molecule has 80 heavy (non-hydrogen) atoms. The predicted octanol–water partition coefficient (Wildman–Crippen LogP) is 20.9. The summed E-state index contributed by atoms with van der Waals surface area (Å²) in [4.78, 5) is 48.8. The van der Waals surface area contributed by atoms with Crippen molar-refractivity contribution in [2.45, 2.75) is 367 Å². The zero-order chi connectivity index (χ0) is 58.3. The molecule has 3 atom stereocenters. The zero-order valence-corrected chi connectivity index (χ0v) is 53.5. The molecule has 0 bridgehead atoms. The van der Waals surface area contributed by atoms with Gasteiger partial charge in [0.15, 0.2) is 6.10 Å². The number of aliphatic hydroxyl groups is 1. The van der Waals surface area contributed by atoms with E-state index < -0.39 is 57.8 Å². The first kappa shape index (κ1) is 78.0. The number of phosphoric ester groups is 1. The summed E-state index contributed by atoms with van der Waals surface area (Å²) in [5.74, 6) is -1.43. The van der Waals surface area contributed by atoms with Crippen molar-refractivity contribution in [2.24, 2.45) is 0 Å². The molecule has 3 unspecified atom stereocenters. The van der Waals surface area contributed by atoms with E-state index in [0.29, 0.717) is 19.3 Å². The Bertz CT molecular complexity index is 1440. The summed E-state index contributed by atoms with van der Waals surface area (Å²) >= 11 is 0. The number of ether oxygens (including phenoxy) is 3. The van der Waals surface area contributed by atoms with Crippen molar-refractivity contribution in [1.82, 2.24) is 0 Å². The molecule has 472 valence electrons. The summed E-state index contributed by atoms with van der Waals surface area (Å²) in [6, 6.07) is 0. The van der Waals surface area contributed by atoms with Crippen LogP contribution in [0, 0.1) is 0 Å². The van der Waals surface area contributed by atoms with Crippen molar-refractivity contribution in [2.75, 3.05) is 26.4 Å². The van der Waals surface area contributed by atoms with Crippen LogP contribution < -0.4 is 0 Å². The molecule has 0 aliphatic carbocycles. The average Bonchev–Trinajstić information content (AvgIpc) is 3.45. The van der Waals surface area contributed by atoms with Gasteiger partial charge in [-0.25, -0.2) is 4.57 Å². The topological polar surface area (TPSA) is 155 Å². The van der Waals surface area contributed by atoms with Crippen LogP contribution in [0.1, 0.15) is 355 Å². The Balaban J connectivity index is 4.63. The van der Waals surface area contributed by atoms with E-state index in [2.05, 4.69) is 45.1 Å². The third-order valence-corrected chi connectivity index (χ3v) is 16.3. The monoisotopic (exact) mass is 1150 g/mol. The fraction of sp³-hybridized carbons (Fsp3) is 0.897. The fourth-order valence-electron chi connectivity index (χ4n) is 10.2. The lowest BCUT2D eigenvalue weighted by molar-refractivity contribution is -0.161. The standard InChI is InChI=1S/C68H129O11P/c1-4-7-10-13-16-19-22-25-28-31-32-35-38-41-44-47-50-53-56-59-68(72)79-65(61-75-66(70)57-54-51-48-45-42-39-36-33-29-26-23-20-17-14-11-8-5-2)63-77-80(73,74)76-62-64(60-69)78-67(71)58-55-52-49-46-43-40-37-34-30-27-24-21-18-15-12-9-6-3/h18,21,27,30,64-65,69H,4-17,19-20,22-26,28-29,31-63H2,1-3H3,(H,73,74)/b21-18-,30-27-. The van der Waals surface area contributed by atoms with Gasteiger partial charge in [0.25, 0.3) is 0 Å². The molecule has 0 spiro atoms. The summed E-state index contributed by atoms with van der Waals surface area (Å²) in [5.41, 5.74) is 0. The van der Waals surface area contributed by atoms with Gasteiger partial charge in [-0.2, -0.15) is 0 Å². The molecule has 0 radical (unpaired) electrons. The lowest BCUT2D eigenvalue weighted by Crippen LogP contribution is -2.30. The summed E-state index contributed by atoms with van der Waals surface area (Å²) in [5, 5.41) is 9.87. The highest BCUT2D eigenvalue weighted by Gasteiger charge is 2.28. The third-order valence-electron chi connectivity index (χ3n) is 15.4. The lowest BCUT2D eigenvalue weighted by Gasteiger charge is -2.21. The third kappa shape index (κ3) is 60.5. The number of hydrogen-bond acceptors (Lipinski definition) is 10. The van der Waals surface area contributed by atoms with Gasteiger partial charge in [-0.1, -0.05) is 308 Å². The van der Waals surface area contributed by atoms with E-state index in [4.69, 9.17) is 23.3 Å². The largest absolute Gasteiger partial charge is 0.472 e. The molecule has 12 heteroatoms. The normalized spacial score (nSPS) is 13.3. The van der Waals surface area contributed by atoms with Gasteiger partial charge in [-0.15, -0.1) is 0 Å². The van der Waals surface area contributed by atoms with Crippen LogP contribution in [-0.4, -0.2) is 66.5 Å². The Labute approximate surface area is 493 Å². The minimum absolute atomic E-state index is 0.173. The Morgan fingerprint density at radius 1 is 0.350 bits per heavy atom. The summed E-state index contributed by atoms with van der Waals surface area (Å²) in [6.45, 7) is 4.71. The highest BCUT2D eigenvalue weighted by atomic mass is 31.2. The Kier molecular flexibility index (Phi) is 61.4. The maximum absolute atomic E-state index is 13.0. The molecule has 0 aromatic rings. The van der Waals surface area contributed by atoms with Crippen LogP contribution in [0.2, 0.25) is 0 Å². The van der Waals surface area contributed by atoms with Crippen LogP contribution >= 0.6 is 7.82 Å². The average molecular weight is 1150 g/mol. The first-order valence-corrected chi connectivity index (χ1v) is 35.7. The summed E-state index contributed by atoms with van der Waals surface area (Å²) in [6.07, 6.45) is 66.9. The number of unbranched alkanes of at least 4 members (excludes halogenated alkanes) is 44. The SMILES string of the molecule is CCCCC/C=C\C/C=C\CCCCCCCCCC(=O)OC(CO)COP(=O)(O)OCC(COC(=O)CCCCCCCCCCCCCCCCCCC)OC(=O)CCCCCCCCCCCCCCCCCCCCC. The van der Waals surface area contributed by atoms with Gasteiger partial charge < -0.3 is 24.2 Å². The number of carbonyl (C=O) groups excluding carboxylic acids is 3. The van der Waals surface area contributed by atoms with Crippen molar-refractivity contribution < 1.29 is 52.2 Å². The second-order valence-electron chi connectivity index (χ2n) is 23.4. The first-order valence-electron chi connectivity index (χ1n) is 34.2. The van der Waals surface area contributed by atoms with E-state index in [1.54, 1.807) is 0 Å². The van der Waals surface area contributed by atoms with E-state index in [9.17, 15) is 28.9 Å². The molecule has 0 aromatic carbocycles. The summed E-state index contributed by atoms with van der Waals surface area (Å²) < 4.78 is 39.8. The number of allylic oxidation sites excluding steroid dienone is 4. The van der Waals surface area contributed by atoms with E-state index in [-0.39, 0.29) is 25.9 Å². The maximum Gasteiger partial charge on any atom is 0.472 e. The zero-order valence-electron chi connectivity index (χ0n) is 52.6. The number of aliphatic hydroxyl groups excluding tert-OH is 1. The second kappa shape index (κ2) is 63.0. The molecule has 0 rings (SSSR count). The quantitative estimate of drug-likeness (QED) is 0.0197. The Hall–Kier alpha value is -2.04. The number of hydrogen-bond donors (Lipinski definition) is 2. The molecular formula is C68H129O11P. The molecule has 0 fully saturated rings. The molecule has 0 amide bonds. The minimum Gasteiger partial charge on any atom is -0.462 e. The predicted molar refractivity (Wildman–Crippen MR) is 335 cm³/mol. The molecule has 2 N–H and O–H groups in total.